The third kappa shape index (κ3) is 3.00. The molecule has 0 bridgehead atoms. The molecule has 2 N–H and O–H groups in total. The van der Waals surface area contributed by atoms with Gasteiger partial charge in [-0.05, 0) is 48.0 Å². The summed E-state index contributed by atoms with van der Waals surface area (Å²) in [6, 6.07) is 0. The Morgan fingerprint density at radius 2 is 2.13 bits per heavy atom. The van der Waals surface area contributed by atoms with E-state index in [0.29, 0.717) is 30.5 Å². The lowest BCUT2D eigenvalue weighted by Gasteiger charge is -2.41. The highest BCUT2D eigenvalue weighted by molar-refractivity contribution is 7.91. The number of aliphatic hydroxyl groups is 1. The van der Waals surface area contributed by atoms with Crippen LogP contribution in [-0.4, -0.2) is 58.8 Å². The summed E-state index contributed by atoms with van der Waals surface area (Å²) >= 11 is -1.09. The van der Waals surface area contributed by atoms with Crippen molar-refractivity contribution in [3.63, 3.8) is 0 Å². The van der Waals surface area contributed by atoms with Gasteiger partial charge < -0.3 is 19.9 Å². The largest absolute Gasteiger partial charge is 0.611 e. The number of aromatic nitrogens is 5. The first-order valence-electron chi connectivity index (χ1n) is 10.8. The Morgan fingerprint density at radius 1 is 1.26 bits per heavy atom. The molecule has 6 rings (SSSR count). The van der Waals surface area contributed by atoms with E-state index in [1.165, 1.54) is 11.1 Å². The quantitative estimate of drug-likeness (QED) is 0.585. The van der Waals surface area contributed by atoms with Crippen LogP contribution in [0.4, 0.5) is 11.8 Å². The van der Waals surface area contributed by atoms with Gasteiger partial charge in [0.25, 0.3) is 0 Å². The summed E-state index contributed by atoms with van der Waals surface area (Å²) in [5.74, 6) is 1.88. The molecule has 162 valence electrons. The Bertz CT molecular complexity index is 1170. The third-order valence-electron chi connectivity index (χ3n) is 6.91. The number of anilines is 2. The van der Waals surface area contributed by atoms with E-state index >= 15 is 0 Å². The summed E-state index contributed by atoms with van der Waals surface area (Å²) in [6.07, 6.45) is 8.27. The third-order valence-corrected chi connectivity index (χ3v) is 8.37. The van der Waals surface area contributed by atoms with Gasteiger partial charge in [0.15, 0.2) is 11.5 Å². The number of fused-ring (bicyclic) bond motifs is 4. The molecule has 0 saturated heterocycles. The van der Waals surface area contributed by atoms with E-state index in [1.807, 2.05) is 19.4 Å². The number of hydrogen-bond donors (Lipinski definition) is 2. The monoisotopic (exact) mass is 439 g/mol. The Balaban J connectivity index is 1.36. The molecule has 0 spiro atoms. The molecule has 1 aliphatic carbocycles. The number of hydrogen-bond acceptors (Lipinski definition) is 8. The van der Waals surface area contributed by atoms with E-state index < -0.39 is 11.2 Å². The first-order chi connectivity index (χ1) is 15.1. The number of pyridine rings is 1. The number of aryl methyl sites for hydroxylation is 2. The molecule has 0 radical (unpaired) electrons. The second-order valence-electron chi connectivity index (χ2n) is 8.80. The van der Waals surface area contributed by atoms with Crippen LogP contribution >= 0.6 is 0 Å². The summed E-state index contributed by atoms with van der Waals surface area (Å²) in [6.45, 7) is 1.53. The van der Waals surface area contributed by atoms with E-state index in [9.17, 15) is 9.66 Å². The van der Waals surface area contributed by atoms with Gasteiger partial charge >= 0.3 is 0 Å². The van der Waals surface area contributed by atoms with Gasteiger partial charge in [-0.2, -0.15) is 10.1 Å². The van der Waals surface area contributed by atoms with Crippen LogP contribution in [-0.2, 0) is 37.6 Å². The van der Waals surface area contributed by atoms with Crippen LogP contribution in [0.2, 0.25) is 0 Å². The van der Waals surface area contributed by atoms with Crippen LogP contribution in [0.25, 0.3) is 11.0 Å². The fourth-order valence-corrected chi connectivity index (χ4v) is 6.21. The molecule has 31 heavy (non-hydrogen) atoms. The van der Waals surface area contributed by atoms with Gasteiger partial charge in [-0.1, -0.05) is 0 Å². The Hall–Kier alpha value is -2.43. The topological polar surface area (TPSA) is 115 Å². The van der Waals surface area contributed by atoms with Crippen molar-refractivity contribution in [2.24, 2.45) is 7.05 Å². The summed E-state index contributed by atoms with van der Waals surface area (Å²) < 4.78 is 14.5. The van der Waals surface area contributed by atoms with E-state index in [0.717, 1.165) is 53.9 Å². The van der Waals surface area contributed by atoms with Gasteiger partial charge in [-0.15, -0.1) is 0 Å². The zero-order valence-corrected chi connectivity index (χ0v) is 18.3. The van der Waals surface area contributed by atoms with Gasteiger partial charge in [0.1, 0.15) is 11.4 Å². The van der Waals surface area contributed by atoms with Crippen molar-refractivity contribution in [1.29, 1.82) is 0 Å². The van der Waals surface area contributed by atoms with Crippen molar-refractivity contribution in [3.8, 4) is 0 Å². The van der Waals surface area contributed by atoms with E-state index in [1.54, 1.807) is 4.68 Å². The zero-order chi connectivity index (χ0) is 21.2. The maximum Gasteiger partial charge on any atom is 0.228 e. The summed E-state index contributed by atoms with van der Waals surface area (Å²) in [7, 11) is 1.91. The van der Waals surface area contributed by atoms with Crippen molar-refractivity contribution in [3.05, 3.63) is 29.2 Å². The van der Waals surface area contributed by atoms with Crippen molar-refractivity contribution in [1.82, 2.24) is 24.7 Å². The lowest BCUT2D eigenvalue weighted by molar-refractivity contribution is 0.143. The second kappa shape index (κ2) is 7.04. The predicted molar refractivity (Wildman–Crippen MR) is 118 cm³/mol. The molecule has 3 aromatic heterocycles. The fraction of sp³-hybridized carbons (Fsp3) is 0.524. The molecule has 10 heteroatoms. The zero-order valence-electron chi connectivity index (χ0n) is 17.5. The Kier molecular flexibility index (Phi) is 4.38. The van der Waals surface area contributed by atoms with E-state index in [2.05, 4.69) is 20.3 Å². The second-order valence-corrected chi connectivity index (χ2v) is 10.3. The predicted octanol–water partition coefficient (Wildman–Crippen LogP) is 1.31. The first-order valence-corrected chi connectivity index (χ1v) is 12.1. The lowest BCUT2D eigenvalue weighted by atomic mass is 9.77. The van der Waals surface area contributed by atoms with Crippen molar-refractivity contribution in [2.75, 3.05) is 29.1 Å². The molecular weight excluding hydrogens is 414 g/mol. The Morgan fingerprint density at radius 3 is 2.90 bits per heavy atom. The molecule has 1 fully saturated rings. The van der Waals surface area contributed by atoms with E-state index in [-0.39, 0.29) is 12.1 Å². The molecule has 0 unspecified atom stereocenters. The average Bonchev–Trinajstić information content (AvgIpc) is 3.33. The maximum atomic E-state index is 12.6. The maximum absolute atomic E-state index is 12.6. The van der Waals surface area contributed by atoms with Gasteiger partial charge in [-0.25, -0.2) is 9.97 Å². The fourth-order valence-electron chi connectivity index (χ4n) is 4.91. The first kappa shape index (κ1) is 19.3. The minimum Gasteiger partial charge on any atom is -0.611 e. The highest BCUT2D eigenvalue weighted by Gasteiger charge is 2.41. The molecule has 9 nitrogen and oxygen atoms in total. The van der Waals surface area contributed by atoms with E-state index in [4.69, 9.17) is 9.97 Å². The molecule has 0 aromatic carbocycles. The summed E-state index contributed by atoms with van der Waals surface area (Å²) in [4.78, 5) is 17.1. The van der Waals surface area contributed by atoms with Gasteiger partial charge in [0, 0.05) is 38.1 Å². The Labute approximate surface area is 183 Å². The highest BCUT2D eigenvalue weighted by Crippen LogP contribution is 2.39. The van der Waals surface area contributed by atoms with Crippen LogP contribution in [0.15, 0.2) is 17.3 Å². The molecular formula is C21H25N7O2S. The molecule has 1 saturated carbocycles. The normalized spacial score (nSPS) is 21.6. The number of nitrogens with one attached hydrogen (secondary N) is 1. The summed E-state index contributed by atoms with van der Waals surface area (Å²) in [5.41, 5.74) is 3.88. The van der Waals surface area contributed by atoms with Crippen LogP contribution in [0.3, 0.4) is 0 Å². The number of rotatable bonds is 4. The SMILES string of the molecule is Cn1ncc2c3c(cnc21)CN(c1nc2c(c(NC4(CO)CCC4)n1)[S@+]([O-])CC2)CC3. The van der Waals surface area contributed by atoms with Crippen molar-refractivity contribution in [2.45, 2.75) is 49.1 Å². The van der Waals surface area contributed by atoms with Crippen LogP contribution < -0.4 is 10.2 Å². The lowest BCUT2D eigenvalue weighted by Crippen LogP contribution is -2.49. The average molecular weight is 440 g/mol. The van der Waals surface area contributed by atoms with Gasteiger partial charge in [-0.3, -0.25) is 4.68 Å². The van der Waals surface area contributed by atoms with Crippen LogP contribution in [0.5, 0.6) is 0 Å². The molecule has 2 aliphatic heterocycles. The number of aliphatic hydroxyl groups excluding tert-OH is 1. The van der Waals surface area contributed by atoms with Crippen LogP contribution in [0, 0.1) is 0 Å². The van der Waals surface area contributed by atoms with Crippen LogP contribution in [0.1, 0.15) is 36.1 Å². The smallest absolute Gasteiger partial charge is 0.228 e. The minimum atomic E-state index is -1.09. The minimum absolute atomic E-state index is 0.0532. The molecule has 3 aliphatic rings. The standard InChI is InChI=1S/C21H25N7O2S/c1-27-19-15(10-23-27)14-3-7-28(11-13(14)9-22-19)20-24-16-4-8-31(30)17(16)18(25-20)26-21(12-29)5-2-6-21/h9-10,29H,2-8,11-12H2,1H3,(H,24,25,26)/t31-/m1/s1. The van der Waals surface area contributed by atoms with Gasteiger partial charge in [0.2, 0.25) is 10.8 Å². The van der Waals surface area contributed by atoms with Gasteiger partial charge in [0.05, 0.1) is 18.3 Å². The molecule has 3 aromatic rings. The summed E-state index contributed by atoms with van der Waals surface area (Å²) in [5, 5.41) is 18.8. The molecule has 5 heterocycles. The van der Waals surface area contributed by atoms with Crippen molar-refractivity contribution < 1.29 is 9.66 Å². The van der Waals surface area contributed by atoms with Crippen molar-refractivity contribution >= 4 is 34.0 Å². The molecule has 1 atom stereocenters. The highest BCUT2D eigenvalue weighted by atomic mass is 32.2. The molecule has 0 amide bonds. The number of nitrogens with zero attached hydrogens (tertiary/aromatic N) is 6.